The molecule has 0 fully saturated rings. The molecule has 1 aromatic rings. The Kier molecular flexibility index (Phi) is 5.66. The molecule has 0 aliphatic rings. The molecule has 0 saturated heterocycles. The Morgan fingerprint density at radius 3 is 2.50 bits per heavy atom. The molecule has 1 heterocycles. The van der Waals surface area contributed by atoms with E-state index in [-0.39, 0.29) is 31.0 Å². The van der Waals surface area contributed by atoms with Gasteiger partial charge in [-0.05, 0) is 0 Å². The van der Waals surface area contributed by atoms with E-state index in [9.17, 15) is 13.2 Å². The van der Waals surface area contributed by atoms with Gasteiger partial charge in [0.15, 0.2) is 0 Å². The van der Waals surface area contributed by atoms with Gasteiger partial charge in [-0.2, -0.15) is 9.40 Å². The van der Waals surface area contributed by atoms with Crippen LogP contribution in [-0.2, 0) is 21.4 Å². The summed E-state index contributed by atoms with van der Waals surface area (Å²) in [5.74, 6) is -0.968. The smallest absolute Gasteiger partial charge is 0.305 e. The predicted molar refractivity (Wildman–Crippen MR) is 73.6 cm³/mol. The lowest BCUT2D eigenvalue weighted by atomic mass is 10.4. The molecule has 0 aliphatic carbocycles. The van der Waals surface area contributed by atoms with Gasteiger partial charge in [-0.15, -0.1) is 13.2 Å². The minimum Gasteiger partial charge on any atom is -0.481 e. The lowest BCUT2D eigenvalue weighted by Gasteiger charge is -2.17. The van der Waals surface area contributed by atoms with Crippen molar-refractivity contribution < 1.29 is 18.3 Å². The molecule has 0 unspecified atom stereocenters. The van der Waals surface area contributed by atoms with Crippen molar-refractivity contribution in [1.29, 1.82) is 0 Å². The summed E-state index contributed by atoms with van der Waals surface area (Å²) in [6.07, 6.45) is 5.36. The second kappa shape index (κ2) is 7.01. The summed E-state index contributed by atoms with van der Waals surface area (Å²) in [5.41, 5.74) is 0. The molecular formula is C12H17N3O4S. The van der Waals surface area contributed by atoms with Crippen molar-refractivity contribution in [3.8, 4) is 0 Å². The van der Waals surface area contributed by atoms with Crippen LogP contribution in [-0.4, -0.2) is 46.7 Å². The molecule has 110 valence electrons. The summed E-state index contributed by atoms with van der Waals surface area (Å²) in [7, 11) is -3.68. The monoisotopic (exact) mass is 299 g/mol. The molecule has 1 N–H and O–H groups in total. The number of rotatable bonds is 9. The lowest BCUT2D eigenvalue weighted by Crippen LogP contribution is -2.31. The molecule has 0 aliphatic heterocycles. The maximum Gasteiger partial charge on any atom is 0.305 e. The second-order valence-electron chi connectivity index (χ2n) is 3.98. The SMILES string of the molecule is C=CCN(CC=C)S(=O)(=O)c1cnn(CCC(=O)O)c1. The first-order valence-corrected chi connectivity index (χ1v) is 7.32. The van der Waals surface area contributed by atoms with Gasteiger partial charge in [-0.25, -0.2) is 8.42 Å². The van der Waals surface area contributed by atoms with Crippen LogP contribution in [0.5, 0.6) is 0 Å². The number of carboxylic acids is 1. The van der Waals surface area contributed by atoms with Gasteiger partial charge >= 0.3 is 5.97 Å². The molecule has 7 nitrogen and oxygen atoms in total. The van der Waals surface area contributed by atoms with Gasteiger partial charge in [-0.3, -0.25) is 9.48 Å². The Labute approximate surface area is 117 Å². The highest BCUT2D eigenvalue weighted by Gasteiger charge is 2.24. The summed E-state index contributed by atoms with van der Waals surface area (Å²) in [5, 5.41) is 12.4. The van der Waals surface area contributed by atoms with Gasteiger partial charge < -0.3 is 5.11 Å². The highest BCUT2D eigenvalue weighted by atomic mass is 32.2. The number of aromatic nitrogens is 2. The van der Waals surface area contributed by atoms with Crippen molar-refractivity contribution in [2.45, 2.75) is 17.9 Å². The summed E-state index contributed by atoms with van der Waals surface area (Å²) in [4.78, 5) is 10.5. The topological polar surface area (TPSA) is 92.5 Å². The van der Waals surface area contributed by atoms with Crippen LogP contribution >= 0.6 is 0 Å². The number of nitrogens with zero attached hydrogens (tertiary/aromatic N) is 3. The minimum absolute atomic E-state index is 0.0200. The van der Waals surface area contributed by atoms with E-state index in [1.807, 2.05) is 0 Å². The van der Waals surface area contributed by atoms with E-state index < -0.39 is 16.0 Å². The summed E-state index contributed by atoms with van der Waals surface area (Å²) < 4.78 is 27.1. The number of carbonyl (C=O) groups is 1. The molecule has 0 radical (unpaired) electrons. The van der Waals surface area contributed by atoms with E-state index in [0.29, 0.717) is 0 Å². The molecule has 8 heteroatoms. The number of carboxylic acid groups (broad SMARTS) is 1. The minimum atomic E-state index is -3.68. The fourth-order valence-electron chi connectivity index (χ4n) is 1.52. The molecule has 1 aromatic heterocycles. The van der Waals surface area contributed by atoms with Crippen LogP contribution in [0.3, 0.4) is 0 Å². The average molecular weight is 299 g/mol. The molecule has 20 heavy (non-hydrogen) atoms. The lowest BCUT2D eigenvalue weighted by molar-refractivity contribution is -0.137. The highest BCUT2D eigenvalue weighted by Crippen LogP contribution is 2.14. The van der Waals surface area contributed by atoms with E-state index in [4.69, 9.17) is 5.11 Å². The van der Waals surface area contributed by atoms with Crippen molar-refractivity contribution in [3.63, 3.8) is 0 Å². The average Bonchev–Trinajstić information content (AvgIpc) is 2.85. The second-order valence-corrected chi connectivity index (χ2v) is 5.92. The standard InChI is InChI=1S/C12H17N3O4S/c1-3-6-15(7-4-2)20(18,19)11-9-13-14(10-11)8-5-12(16)17/h3-4,9-10H,1-2,5-8H2,(H,16,17). The van der Waals surface area contributed by atoms with Crippen molar-refractivity contribution in [1.82, 2.24) is 14.1 Å². The summed E-state index contributed by atoms with van der Waals surface area (Å²) in [6, 6.07) is 0. The molecule has 0 bridgehead atoms. The van der Waals surface area contributed by atoms with Crippen molar-refractivity contribution in [2.24, 2.45) is 0 Å². The van der Waals surface area contributed by atoms with Crippen LogP contribution in [0.25, 0.3) is 0 Å². The molecule has 0 saturated carbocycles. The Balaban J connectivity index is 2.93. The number of hydrogen-bond acceptors (Lipinski definition) is 4. The third-order valence-corrected chi connectivity index (χ3v) is 4.25. The van der Waals surface area contributed by atoms with E-state index in [2.05, 4.69) is 18.3 Å². The zero-order valence-corrected chi connectivity index (χ0v) is 11.8. The normalized spacial score (nSPS) is 11.4. The number of sulfonamides is 1. The Hall–Kier alpha value is -1.93. The largest absolute Gasteiger partial charge is 0.481 e. The van der Waals surface area contributed by atoms with E-state index in [1.54, 1.807) is 0 Å². The van der Waals surface area contributed by atoms with Gasteiger partial charge in [0.25, 0.3) is 0 Å². The first-order valence-electron chi connectivity index (χ1n) is 5.88. The first-order chi connectivity index (χ1) is 9.41. The summed E-state index contributed by atoms with van der Waals surface area (Å²) in [6.45, 7) is 7.48. The molecule has 0 atom stereocenters. The third-order valence-electron chi connectivity index (χ3n) is 2.47. The maximum absolute atomic E-state index is 12.3. The molecule has 0 aromatic carbocycles. The van der Waals surface area contributed by atoms with E-state index >= 15 is 0 Å². The third kappa shape index (κ3) is 4.04. The fourth-order valence-corrected chi connectivity index (χ4v) is 2.85. The molecule has 0 spiro atoms. The number of aryl methyl sites for hydroxylation is 1. The fraction of sp³-hybridized carbons (Fsp3) is 0.333. The Morgan fingerprint density at radius 1 is 1.40 bits per heavy atom. The van der Waals surface area contributed by atoms with Crippen LogP contribution in [0.2, 0.25) is 0 Å². The molecule has 0 amide bonds. The summed E-state index contributed by atoms with van der Waals surface area (Å²) >= 11 is 0. The van der Waals surface area contributed by atoms with Crippen molar-refractivity contribution >= 4 is 16.0 Å². The Bertz CT molecular complexity index is 582. The van der Waals surface area contributed by atoms with Gasteiger partial charge in [0.1, 0.15) is 4.90 Å². The zero-order valence-electron chi connectivity index (χ0n) is 11.0. The first kappa shape index (κ1) is 16.1. The van der Waals surface area contributed by atoms with Crippen molar-refractivity contribution in [3.05, 3.63) is 37.7 Å². The highest BCUT2D eigenvalue weighted by molar-refractivity contribution is 7.89. The quantitative estimate of drug-likeness (QED) is 0.678. The van der Waals surface area contributed by atoms with Crippen LogP contribution in [0.4, 0.5) is 0 Å². The zero-order chi connectivity index (χ0) is 15.2. The van der Waals surface area contributed by atoms with Gasteiger partial charge in [0, 0.05) is 19.3 Å². The van der Waals surface area contributed by atoms with Crippen LogP contribution < -0.4 is 0 Å². The number of aliphatic carboxylic acids is 1. The van der Waals surface area contributed by atoms with Crippen LogP contribution in [0.1, 0.15) is 6.42 Å². The van der Waals surface area contributed by atoms with E-state index in [0.717, 1.165) is 0 Å². The van der Waals surface area contributed by atoms with E-state index in [1.165, 1.54) is 33.5 Å². The van der Waals surface area contributed by atoms with Gasteiger partial charge in [0.05, 0.1) is 19.2 Å². The molecular weight excluding hydrogens is 282 g/mol. The van der Waals surface area contributed by atoms with Gasteiger partial charge in [0.2, 0.25) is 10.0 Å². The predicted octanol–water partition coefficient (Wildman–Crippen LogP) is 0.721. The molecule has 1 rings (SSSR count). The Morgan fingerprint density at radius 2 is 2.00 bits per heavy atom. The number of hydrogen-bond donors (Lipinski definition) is 1. The van der Waals surface area contributed by atoms with Gasteiger partial charge in [-0.1, -0.05) is 12.2 Å². The van der Waals surface area contributed by atoms with Crippen LogP contribution in [0, 0.1) is 0 Å². The van der Waals surface area contributed by atoms with Crippen molar-refractivity contribution in [2.75, 3.05) is 13.1 Å². The maximum atomic E-state index is 12.3. The van der Waals surface area contributed by atoms with Crippen LogP contribution in [0.15, 0.2) is 42.6 Å².